The second kappa shape index (κ2) is 4.65. The molecule has 0 spiro atoms. The molecule has 0 aliphatic heterocycles. The summed E-state index contributed by atoms with van der Waals surface area (Å²) < 4.78 is 6.91. The Morgan fingerprint density at radius 1 is 1.15 bits per heavy atom. The number of nitrogens with zero attached hydrogens (tertiary/aromatic N) is 2. The molecule has 0 aliphatic carbocycles. The number of imidazole rings is 1. The first-order chi connectivity index (χ1) is 9.49. The van der Waals surface area contributed by atoms with Gasteiger partial charge >= 0.3 is 5.63 Å². The average Bonchev–Trinajstić information content (AvgIpc) is 2.72. The fourth-order valence-electron chi connectivity index (χ4n) is 2.05. The molecular weight excluding hydrogens is 299 g/mol. The lowest BCUT2D eigenvalue weighted by molar-refractivity contribution is 0.522. The highest BCUT2D eigenvalue weighted by Crippen LogP contribution is 2.29. The van der Waals surface area contributed by atoms with Crippen molar-refractivity contribution < 1.29 is 4.42 Å². The number of hydrogen-bond donors (Lipinski definition) is 0. The van der Waals surface area contributed by atoms with Gasteiger partial charge in [-0.15, -0.1) is 0 Å². The van der Waals surface area contributed by atoms with E-state index in [1.54, 1.807) is 28.7 Å². The highest BCUT2D eigenvalue weighted by molar-refractivity contribution is 6.32. The number of aromatic nitrogens is 2. The summed E-state index contributed by atoms with van der Waals surface area (Å²) in [6.07, 6.45) is 0. The molecule has 0 fully saturated rings. The first-order valence-electron chi connectivity index (χ1n) is 5.93. The van der Waals surface area contributed by atoms with Crippen LogP contribution in [0.5, 0.6) is 0 Å². The van der Waals surface area contributed by atoms with E-state index in [1.807, 2.05) is 13.8 Å². The highest BCUT2D eigenvalue weighted by atomic mass is 35.5. The van der Waals surface area contributed by atoms with Gasteiger partial charge in [0.2, 0.25) is 5.65 Å². The summed E-state index contributed by atoms with van der Waals surface area (Å²) in [4.78, 5) is 16.2. The number of rotatable bonds is 1. The highest BCUT2D eigenvalue weighted by Gasteiger charge is 2.18. The molecule has 102 valence electrons. The van der Waals surface area contributed by atoms with Crippen LogP contribution in [0.25, 0.3) is 17.0 Å². The number of benzene rings is 1. The number of fused-ring (bicyclic) bond motifs is 1. The van der Waals surface area contributed by atoms with Gasteiger partial charge in [-0.2, -0.15) is 0 Å². The normalized spacial score (nSPS) is 11.2. The van der Waals surface area contributed by atoms with Crippen molar-refractivity contribution in [3.63, 3.8) is 0 Å². The summed E-state index contributed by atoms with van der Waals surface area (Å²) in [5.74, 6) is 0.307. The summed E-state index contributed by atoms with van der Waals surface area (Å²) >= 11 is 12.2. The lowest BCUT2D eigenvalue weighted by Crippen LogP contribution is -2.07. The van der Waals surface area contributed by atoms with Gasteiger partial charge in [-0.25, -0.2) is 9.78 Å². The predicted octanol–water partition coefficient (Wildman–Crippen LogP) is 3.88. The zero-order valence-corrected chi connectivity index (χ0v) is 12.3. The van der Waals surface area contributed by atoms with Gasteiger partial charge in [-0.1, -0.05) is 23.2 Å². The fraction of sp³-hybridized carbons (Fsp3) is 0.143. The van der Waals surface area contributed by atoms with Gasteiger partial charge < -0.3 is 4.42 Å². The lowest BCUT2D eigenvalue weighted by atomic mass is 10.2. The molecule has 4 nitrogen and oxygen atoms in total. The summed E-state index contributed by atoms with van der Waals surface area (Å²) in [5.41, 5.74) is 1.92. The van der Waals surface area contributed by atoms with Gasteiger partial charge in [-0.3, -0.25) is 4.40 Å². The van der Waals surface area contributed by atoms with Crippen LogP contribution in [0.2, 0.25) is 10.2 Å². The molecule has 0 atom stereocenters. The van der Waals surface area contributed by atoms with E-state index in [2.05, 4.69) is 4.98 Å². The summed E-state index contributed by atoms with van der Waals surface area (Å²) in [6, 6.07) is 6.92. The Balaban J connectivity index is 2.38. The van der Waals surface area contributed by atoms with Crippen molar-refractivity contribution >= 4 is 28.8 Å². The number of hydrogen-bond acceptors (Lipinski definition) is 3. The standard InChI is InChI=1S/C14H10Cl2N2O2/c1-7-8(2)18-12(16)11(20-14(19)13(18)17-7)9-3-5-10(15)6-4-9/h3-6H,1-2H3. The molecule has 0 bridgehead atoms. The SMILES string of the molecule is Cc1nc2c(=O)oc(-c3ccc(Cl)cc3)c(Cl)n2c1C. The minimum absolute atomic E-state index is 0.197. The van der Waals surface area contributed by atoms with E-state index in [9.17, 15) is 4.79 Å². The Kier molecular flexibility index (Phi) is 3.07. The van der Waals surface area contributed by atoms with Gasteiger partial charge in [0, 0.05) is 16.3 Å². The van der Waals surface area contributed by atoms with Crippen molar-refractivity contribution in [2.24, 2.45) is 0 Å². The van der Waals surface area contributed by atoms with E-state index in [-0.39, 0.29) is 5.65 Å². The molecule has 6 heteroatoms. The van der Waals surface area contributed by atoms with Gasteiger partial charge in [0.05, 0.1) is 5.69 Å². The zero-order chi connectivity index (χ0) is 14.4. The van der Waals surface area contributed by atoms with Crippen molar-refractivity contribution in [1.82, 2.24) is 9.38 Å². The van der Waals surface area contributed by atoms with Gasteiger partial charge in [-0.05, 0) is 38.1 Å². The Labute approximate surface area is 124 Å². The molecule has 3 rings (SSSR count). The molecule has 0 N–H and O–H groups in total. The van der Waals surface area contributed by atoms with Crippen LogP contribution in [0, 0.1) is 13.8 Å². The Morgan fingerprint density at radius 3 is 2.45 bits per heavy atom. The maximum absolute atomic E-state index is 12.0. The zero-order valence-electron chi connectivity index (χ0n) is 10.8. The Morgan fingerprint density at radius 2 is 1.80 bits per heavy atom. The van der Waals surface area contributed by atoms with Gasteiger partial charge in [0.25, 0.3) is 0 Å². The van der Waals surface area contributed by atoms with E-state index in [1.165, 1.54) is 0 Å². The molecule has 20 heavy (non-hydrogen) atoms. The quantitative estimate of drug-likeness (QED) is 0.685. The van der Waals surface area contributed by atoms with Crippen molar-refractivity contribution in [3.05, 3.63) is 56.2 Å². The minimum atomic E-state index is -0.518. The third kappa shape index (κ3) is 1.92. The molecule has 0 saturated carbocycles. The lowest BCUT2D eigenvalue weighted by Gasteiger charge is -2.06. The molecule has 0 unspecified atom stereocenters. The van der Waals surface area contributed by atoms with Crippen molar-refractivity contribution in [2.75, 3.05) is 0 Å². The average molecular weight is 309 g/mol. The second-order valence-corrected chi connectivity index (χ2v) is 5.25. The molecule has 0 radical (unpaired) electrons. The van der Waals surface area contributed by atoms with Crippen LogP contribution in [0.1, 0.15) is 11.4 Å². The predicted molar refractivity (Wildman–Crippen MR) is 78.7 cm³/mol. The smallest absolute Gasteiger partial charge is 0.380 e. The monoisotopic (exact) mass is 308 g/mol. The minimum Gasteiger partial charge on any atom is -0.417 e. The van der Waals surface area contributed by atoms with Gasteiger partial charge in [0.1, 0.15) is 0 Å². The van der Waals surface area contributed by atoms with Crippen molar-refractivity contribution in [1.29, 1.82) is 0 Å². The van der Waals surface area contributed by atoms with Crippen LogP contribution >= 0.6 is 23.2 Å². The van der Waals surface area contributed by atoms with Crippen LogP contribution in [-0.2, 0) is 0 Å². The fourth-order valence-corrected chi connectivity index (χ4v) is 2.53. The third-order valence-corrected chi connectivity index (χ3v) is 3.80. The first kappa shape index (κ1) is 13.2. The summed E-state index contributed by atoms with van der Waals surface area (Å²) in [5, 5.41) is 0.919. The van der Waals surface area contributed by atoms with Crippen molar-refractivity contribution in [3.8, 4) is 11.3 Å². The van der Waals surface area contributed by atoms with Crippen LogP contribution in [0.15, 0.2) is 33.5 Å². The van der Waals surface area contributed by atoms with Crippen LogP contribution in [-0.4, -0.2) is 9.38 Å². The third-order valence-electron chi connectivity index (χ3n) is 3.21. The molecule has 0 aliphatic rings. The van der Waals surface area contributed by atoms with E-state index in [0.717, 1.165) is 11.4 Å². The Bertz CT molecular complexity index is 863. The van der Waals surface area contributed by atoms with Crippen LogP contribution in [0.4, 0.5) is 0 Å². The van der Waals surface area contributed by atoms with Crippen LogP contribution in [0.3, 0.4) is 0 Å². The first-order valence-corrected chi connectivity index (χ1v) is 6.69. The van der Waals surface area contributed by atoms with Gasteiger partial charge in [0.15, 0.2) is 10.9 Å². The van der Waals surface area contributed by atoms with E-state index in [4.69, 9.17) is 27.6 Å². The second-order valence-electron chi connectivity index (χ2n) is 4.46. The largest absolute Gasteiger partial charge is 0.417 e. The molecule has 1 aromatic carbocycles. The molecule has 2 aromatic heterocycles. The van der Waals surface area contributed by atoms with E-state index >= 15 is 0 Å². The van der Waals surface area contributed by atoms with E-state index in [0.29, 0.717) is 21.5 Å². The summed E-state index contributed by atoms with van der Waals surface area (Å²) in [7, 11) is 0. The number of halogens is 2. The molecule has 2 heterocycles. The topological polar surface area (TPSA) is 47.5 Å². The molecule has 0 amide bonds. The number of aryl methyl sites for hydroxylation is 2. The summed E-state index contributed by atoms with van der Waals surface area (Å²) in [6.45, 7) is 3.67. The van der Waals surface area contributed by atoms with E-state index < -0.39 is 5.63 Å². The molecular formula is C14H10Cl2N2O2. The van der Waals surface area contributed by atoms with Crippen molar-refractivity contribution in [2.45, 2.75) is 13.8 Å². The maximum atomic E-state index is 12.0. The maximum Gasteiger partial charge on any atom is 0.380 e. The molecule has 3 aromatic rings. The Hall–Kier alpha value is -1.78. The van der Waals surface area contributed by atoms with Crippen LogP contribution < -0.4 is 5.63 Å². The molecule has 0 saturated heterocycles.